The monoisotopic (exact) mass is 112 g/mol. The lowest BCUT2D eigenvalue weighted by Crippen LogP contribution is -1.75. The van der Waals surface area contributed by atoms with Gasteiger partial charge in [-0.25, -0.2) is 0 Å². The largest absolute Gasteiger partial charge is 0.495 e. The molecule has 0 saturated carbocycles. The Labute approximate surface area is 46.6 Å². The van der Waals surface area contributed by atoms with Gasteiger partial charge in [-0.05, 0) is 0 Å². The summed E-state index contributed by atoms with van der Waals surface area (Å²) in [5.41, 5.74) is 0. The van der Waals surface area contributed by atoms with Crippen LogP contribution in [0.5, 0.6) is 5.75 Å². The molecule has 1 aromatic rings. The Morgan fingerprint density at radius 3 is 3.00 bits per heavy atom. The summed E-state index contributed by atoms with van der Waals surface area (Å²) in [6.07, 6.45) is 0. The second kappa shape index (κ2) is 1.98. The molecule has 1 heterocycles. The summed E-state index contributed by atoms with van der Waals surface area (Å²) in [5, 5.41) is 5.69. The molecule has 0 aliphatic heterocycles. The SMILES string of the molecule is COc1[c]s[c]c1. The van der Waals surface area contributed by atoms with Gasteiger partial charge in [-0.15, -0.1) is 11.3 Å². The van der Waals surface area contributed by atoms with E-state index in [4.69, 9.17) is 4.74 Å². The van der Waals surface area contributed by atoms with Crippen LogP contribution in [0.2, 0.25) is 0 Å². The molecule has 0 bridgehead atoms. The summed E-state index contributed by atoms with van der Waals surface area (Å²) in [7, 11) is 1.62. The first-order chi connectivity index (χ1) is 3.43. The Balaban J connectivity index is 2.76. The highest BCUT2D eigenvalue weighted by Crippen LogP contribution is 2.10. The number of ether oxygens (including phenoxy) is 1. The van der Waals surface area contributed by atoms with Crippen LogP contribution in [0.25, 0.3) is 0 Å². The first-order valence-corrected chi connectivity index (χ1v) is 2.66. The maximum absolute atomic E-state index is 4.78. The molecule has 1 aromatic heterocycles. The van der Waals surface area contributed by atoms with Gasteiger partial charge in [0.05, 0.1) is 12.5 Å². The van der Waals surface area contributed by atoms with Gasteiger partial charge in [-0.2, -0.15) is 0 Å². The fraction of sp³-hybridized carbons (Fsp3) is 0.200. The highest BCUT2D eigenvalue weighted by molar-refractivity contribution is 7.07. The van der Waals surface area contributed by atoms with Crippen LogP contribution in [-0.2, 0) is 0 Å². The van der Waals surface area contributed by atoms with E-state index in [9.17, 15) is 0 Å². The average molecular weight is 112 g/mol. The first-order valence-electron chi connectivity index (χ1n) is 1.85. The molecular weight excluding hydrogens is 108 g/mol. The predicted molar refractivity (Wildman–Crippen MR) is 28.5 cm³/mol. The normalized spacial score (nSPS) is 8.71. The van der Waals surface area contributed by atoms with Crippen LogP contribution in [0, 0.1) is 10.8 Å². The molecule has 0 aliphatic rings. The van der Waals surface area contributed by atoms with Gasteiger partial charge in [0, 0.05) is 11.4 Å². The van der Waals surface area contributed by atoms with Gasteiger partial charge in [0.25, 0.3) is 0 Å². The molecule has 0 saturated heterocycles. The number of methoxy groups -OCH3 is 1. The lowest BCUT2D eigenvalue weighted by molar-refractivity contribution is 0.416. The summed E-state index contributed by atoms with van der Waals surface area (Å²) in [6.45, 7) is 0. The average Bonchev–Trinajstić information content (AvgIpc) is 2.14. The zero-order valence-corrected chi connectivity index (χ0v) is 4.71. The van der Waals surface area contributed by atoms with Crippen molar-refractivity contribution >= 4 is 11.3 Å². The van der Waals surface area contributed by atoms with E-state index in [1.54, 1.807) is 13.2 Å². The van der Waals surface area contributed by atoms with E-state index in [0.717, 1.165) is 5.75 Å². The fourth-order valence-corrected chi connectivity index (χ4v) is 0.761. The van der Waals surface area contributed by atoms with E-state index in [0.29, 0.717) is 0 Å². The molecule has 7 heavy (non-hydrogen) atoms. The zero-order valence-electron chi connectivity index (χ0n) is 3.89. The number of thiophene rings is 1. The predicted octanol–water partition coefficient (Wildman–Crippen LogP) is 1.36. The molecule has 2 heteroatoms. The fourth-order valence-electron chi connectivity index (χ4n) is 0.293. The van der Waals surface area contributed by atoms with E-state index < -0.39 is 0 Å². The van der Waals surface area contributed by atoms with Gasteiger partial charge in [-0.1, -0.05) is 0 Å². The lowest BCUT2D eigenvalue weighted by atomic mass is 10.6. The van der Waals surface area contributed by atoms with Crippen LogP contribution in [0.15, 0.2) is 6.07 Å². The van der Waals surface area contributed by atoms with Crippen LogP contribution in [0.1, 0.15) is 0 Å². The Morgan fingerprint density at radius 1 is 1.86 bits per heavy atom. The molecule has 0 N–H and O–H groups in total. The minimum atomic E-state index is 0.769. The van der Waals surface area contributed by atoms with Crippen LogP contribution in [-0.4, -0.2) is 7.11 Å². The van der Waals surface area contributed by atoms with E-state index in [2.05, 4.69) is 10.8 Å². The third-order valence-electron chi connectivity index (χ3n) is 0.620. The standard InChI is InChI=1S/C5H4OS/c1-6-5-2-3-7-4-5/h2H,1H3. The van der Waals surface area contributed by atoms with Crippen LogP contribution < -0.4 is 4.74 Å². The highest BCUT2D eigenvalue weighted by atomic mass is 32.1. The van der Waals surface area contributed by atoms with Gasteiger partial charge in [0.1, 0.15) is 5.75 Å². The third kappa shape index (κ3) is 0.933. The van der Waals surface area contributed by atoms with Crippen molar-refractivity contribution in [1.29, 1.82) is 0 Å². The van der Waals surface area contributed by atoms with Crippen molar-refractivity contribution in [2.75, 3.05) is 7.11 Å². The second-order valence-corrected chi connectivity index (χ2v) is 1.68. The van der Waals surface area contributed by atoms with Crippen molar-refractivity contribution in [3.05, 3.63) is 16.8 Å². The van der Waals surface area contributed by atoms with E-state index in [1.165, 1.54) is 11.3 Å². The topological polar surface area (TPSA) is 9.23 Å². The van der Waals surface area contributed by atoms with Crippen LogP contribution in [0.3, 0.4) is 0 Å². The van der Waals surface area contributed by atoms with Crippen molar-refractivity contribution in [2.45, 2.75) is 0 Å². The maximum Gasteiger partial charge on any atom is 0.139 e. The smallest absolute Gasteiger partial charge is 0.139 e. The molecule has 0 aromatic carbocycles. The Morgan fingerprint density at radius 2 is 2.71 bits per heavy atom. The summed E-state index contributed by atoms with van der Waals surface area (Å²) in [4.78, 5) is 0. The van der Waals surface area contributed by atoms with Crippen molar-refractivity contribution in [3.8, 4) is 5.75 Å². The Bertz CT molecular complexity index is 123. The number of hydrogen-bond donors (Lipinski definition) is 0. The summed E-state index contributed by atoms with van der Waals surface area (Å²) >= 11 is 1.39. The Hall–Kier alpha value is -0.500. The third-order valence-corrected chi connectivity index (χ3v) is 1.16. The van der Waals surface area contributed by atoms with Gasteiger partial charge in [0.15, 0.2) is 0 Å². The van der Waals surface area contributed by atoms with Crippen molar-refractivity contribution < 1.29 is 4.74 Å². The molecule has 1 rings (SSSR count). The van der Waals surface area contributed by atoms with E-state index in [-0.39, 0.29) is 0 Å². The summed E-state index contributed by atoms with van der Waals surface area (Å²) in [5.74, 6) is 0.769. The quantitative estimate of drug-likeness (QED) is 0.533. The molecule has 0 amide bonds. The molecule has 0 aliphatic carbocycles. The lowest BCUT2D eigenvalue weighted by Gasteiger charge is -1.86. The molecule has 2 radical (unpaired) electrons. The van der Waals surface area contributed by atoms with Gasteiger partial charge in [0.2, 0.25) is 0 Å². The van der Waals surface area contributed by atoms with Crippen LogP contribution in [0.4, 0.5) is 0 Å². The molecule has 0 fully saturated rings. The van der Waals surface area contributed by atoms with Crippen molar-refractivity contribution in [1.82, 2.24) is 0 Å². The summed E-state index contributed by atoms with van der Waals surface area (Å²) < 4.78 is 4.78. The molecular formula is C5H4OS. The van der Waals surface area contributed by atoms with E-state index in [1.807, 2.05) is 0 Å². The molecule has 36 valence electrons. The number of hydrogen-bond acceptors (Lipinski definition) is 2. The zero-order chi connectivity index (χ0) is 5.11. The molecule has 1 nitrogen and oxygen atoms in total. The van der Waals surface area contributed by atoms with Gasteiger partial charge in [-0.3, -0.25) is 0 Å². The van der Waals surface area contributed by atoms with Crippen molar-refractivity contribution in [3.63, 3.8) is 0 Å². The second-order valence-electron chi connectivity index (χ2n) is 1.03. The van der Waals surface area contributed by atoms with Gasteiger partial charge >= 0.3 is 0 Å². The minimum Gasteiger partial charge on any atom is -0.495 e. The molecule has 0 atom stereocenters. The Kier molecular flexibility index (Phi) is 1.32. The van der Waals surface area contributed by atoms with Crippen LogP contribution >= 0.6 is 11.3 Å². The highest BCUT2D eigenvalue weighted by Gasteiger charge is 1.85. The first kappa shape index (κ1) is 4.65. The number of rotatable bonds is 1. The molecule has 0 unspecified atom stereocenters. The molecule has 0 spiro atoms. The maximum atomic E-state index is 4.78. The van der Waals surface area contributed by atoms with Gasteiger partial charge < -0.3 is 4.74 Å². The minimum absolute atomic E-state index is 0.769. The van der Waals surface area contributed by atoms with E-state index >= 15 is 0 Å². The summed E-state index contributed by atoms with van der Waals surface area (Å²) in [6, 6.07) is 1.75. The van der Waals surface area contributed by atoms with Crippen molar-refractivity contribution in [2.24, 2.45) is 0 Å².